The van der Waals surface area contributed by atoms with Crippen molar-refractivity contribution in [3.05, 3.63) is 176 Å². The van der Waals surface area contributed by atoms with E-state index in [1.54, 1.807) is 0 Å². The molecule has 7 nitrogen and oxygen atoms in total. The zero-order chi connectivity index (χ0) is 34.9. The van der Waals surface area contributed by atoms with Crippen LogP contribution in [-0.4, -0.2) is 19.1 Å². The molecule has 0 amide bonds. The second-order valence-electron chi connectivity index (χ2n) is 12.9. The van der Waals surface area contributed by atoms with Crippen molar-refractivity contribution in [1.82, 2.24) is 19.1 Å². The average molecular weight is 877 g/mol. The number of anilines is 3. The number of hydrogen-bond donors (Lipinski definition) is 0. The van der Waals surface area contributed by atoms with Crippen LogP contribution >= 0.6 is 0 Å². The third-order valence-electron chi connectivity index (χ3n) is 9.86. The number of aromatic nitrogens is 4. The molecule has 4 aromatic heterocycles. The molecule has 0 fully saturated rings. The Morgan fingerprint density at radius 3 is 1.50 bits per heavy atom. The molecule has 54 heavy (non-hydrogen) atoms. The summed E-state index contributed by atoms with van der Waals surface area (Å²) in [7, 11) is 0. The monoisotopic (exact) mass is 876 g/mol. The first-order valence-corrected chi connectivity index (χ1v) is 17.4. The van der Waals surface area contributed by atoms with Crippen molar-refractivity contribution in [1.29, 1.82) is 0 Å². The third-order valence-corrected chi connectivity index (χ3v) is 9.86. The Balaban J connectivity index is 0.00000361. The Morgan fingerprint density at radius 2 is 0.944 bits per heavy atom. The van der Waals surface area contributed by atoms with E-state index in [-0.39, 0.29) is 21.1 Å². The molecule has 0 aliphatic carbocycles. The van der Waals surface area contributed by atoms with Gasteiger partial charge in [-0.2, -0.15) is 12.1 Å². The van der Waals surface area contributed by atoms with Crippen LogP contribution in [0.25, 0.3) is 55.2 Å². The van der Waals surface area contributed by atoms with E-state index >= 15 is 0 Å². The molecule has 0 N–H and O–H groups in total. The fraction of sp³-hybridized carbons (Fsp3) is 0. The summed E-state index contributed by atoms with van der Waals surface area (Å²) >= 11 is 0. The van der Waals surface area contributed by atoms with E-state index in [0.29, 0.717) is 23.0 Å². The van der Waals surface area contributed by atoms with Crippen LogP contribution < -0.4 is 14.4 Å². The average Bonchev–Trinajstić information content (AvgIpc) is 3.73. The van der Waals surface area contributed by atoms with Crippen LogP contribution in [0.4, 0.5) is 17.1 Å². The molecule has 0 bridgehead atoms. The van der Waals surface area contributed by atoms with Crippen LogP contribution in [0.3, 0.4) is 0 Å². The van der Waals surface area contributed by atoms with Gasteiger partial charge < -0.3 is 23.5 Å². The summed E-state index contributed by atoms with van der Waals surface area (Å²) in [4.78, 5) is 11.7. The van der Waals surface area contributed by atoms with Crippen LogP contribution in [0.1, 0.15) is 0 Å². The molecule has 0 atom stereocenters. The summed E-state index contributed by atoms with van der Waals surface area (Å²) in [6.45, 7) is 0. The number of ether oxygens (including phenoxy) is 2. The zero-order valence-electron chi connectivity index (χ0n) is 28.5. The number of para-hydroxylation sites is 5. The zero-order valence-corrected chi connectivity index (χ0v) is 30.7. The van der Waals surface area contributed by atoms with Gasteiger partial charge in [0.25, 0.3) is 0 Å². The normalized spacial score (nSPS) is 11.9. The Bertz CT molecular complexity index is 2870. The molecule has 1 aliphatic heterocycles. The van der Waals surface area contributed by atoms with E-state index in [1.165, 1.54) is 0 Å². The Kier molecular flexibility index (Phi) is 7.56. The van der Waals surface area contributed by atoms with Gasteiger partial charge in [0.2, 0.25) is 0 Å². The maximum Gasteiger partial charge on any atom is 2.00 e. The van der Waals surface area contributed by atoms with Crippen molar-refractivity contribution in [2.75, 3.05) is 4.90 Å². The standard InChI is InChI=1S/C46H27N5O2.Pt/c1-3-14-36-32(12-1)34-24-22-30(28-39(34)50(36)44-20-7-9-26-47-44)49(38-16-11-19-43-46(38)53-42-18-6-5-17-41(42)52-43)31-23-25-35-33-13-2-4-15-37(33)51(40(35)29-31)45-21-8-10-27-48-45;/h1-27H;/q-2;+2. The summed E-state index contributed by atoms with van der Waals surface area (Å²) in [5, 5.41) is 4.41. The summed E-state index contributed by atoms with van der Waals surface area (Å²) in [5.41, 5.74) is 6.30. The third kappa shape index (κ3) is 4.93. The van der Waals surface area contributed by atoms with Crippen LogP contribution in [0.2, 0.25) is 0 Å². The number of nitrogens with zero attached hydrogens (tertiary/aromatic N) is 5. The van der Waals surface area contributed by atoms with E-state index in [9.17, 15) is 0 Å². The molecule has 1 aliphatic rings. The van der Waals surface area contributed by atoms with Gasteiger partial charge in [0, 0.05) is 23.4 Å². The second-order valence-corrected chi connectivity index (χ2v) is 12.9. The first-order chi connectivity index (χ1) is 26.3. The fourth-order valence-corrected chi connectivity index (χ4v) is 7.57. The molecular formula is C46H27N5O2Pt. The maximum absolute atomic E-state index is 6.66. The molecular weight excluding hydrogens is 850 g/mol. The van der Waals surface area contributed by atoms with Gasteiger partial charge >= 0.3 is 21.1 Å². The molecule has 5 heterocycles. The molecule has 0 saturated carbocycles. The van der Waals surface area contributed by atoms with Gasteiger partial charge in [-0.15, -0.1) is 35.0 Å². The van der Waals surface area contributed by atoms with Gasteiger partial charge in [-0.05, 0) is 71.4 Å². The van der Waals surface area contributed by atoms with Crippen LogP contribution in [0, 0.1) is 12.1 Å². The largest absolute Gasteiger partial charge is 2.00 e. The Morgan fingerprint density at radius 1 is 0.444 bits per heavy atom. The quantitative estimate of drug-likeness (QED) is 0.161. The van der Waals surface area contributed by atoms with E-state index in [0.717, 1.165) is 72.3 Å². The number of pyridine rings is 2. The van der Waals surface area contributed by atoms with Gasteiger partial charge in [0.1, 0.15) is 11.6 Å². The number of hydrogen-bond acceptors (Lipinski definition) is 5. The molecule has 0 radical (unpaired) electrons. The van der Waals surface area contributed by atoms with Crippen molar-refractivity contribution in [2.45, 2.75) is 0 Å². The minimum Gasteiger partial charge on any atom is -0.449 e. The van der Waals surface area contributed by atoms with Gasteiger partial charge in [-0.1, -0.05) is 89.1 Å². The summed E-state index contributed by atoms with van der Waals surface area (Å²) in [5.74, 6) is 4.18. The van der Waals surface area contributed by atoms with Crippen molar-refractivity contribution in [2.24, 2.45) is 0 Å². The van der Waals surface area contributed by atoms with Crippen LogP contribution in [0.5, 0.6) is 23.0 Å². The number of rotatable bonds is 5. The van der Waals surface area contributed by atoms with E-state index < -0.39 is 0 Å². The van der Waals surface area contributed by atoms with E-state index in [4.69, 9.17) is 19.4 Å². The smallest absolute Gasteiger partial charge is 0.449 e. The molecule has 258 valence electrons. The SMILES string of the molecule is [Pt+2].[c-]1c(N(c2[c-]c3c(cc2)c2ccccc2n3-c2ccccn2)c2cccc3c2Oc2ccccc2O3)ccc2c3ccccc3n(-c3ccccn3)c12. The molecule has 6 aromatic carbocycles. The molecule has 0 saturated heterocycles. The minimum atomic E-state index is 0. The van der Waals surface area contributed by atoms with Crippen molar-refractivity contribution >= 4 is 60.7 Å². The predicted octanol–water partition coefficient (Wildman–Crippen LogP) is 11.6. The molecule has 11 rings (SSSR count). The van der Waals surface area contributed by atoms with Crippen molar-refractivity contribution < 1.29 is 30.5 Å². The second kappa shape index (κ2) is 12.8. The van der Waals surface area contributed by atoms with Gasteiger partial charge in [-0.3, -0.25) is 0 Å². The molecule has 10 aromatic rings. The van der Waals surface area contributed by atoms with Crippen LogP contribution in [-0.2, 0) is 21.1 Å². The van der Waals surface area contributed by atoms with Gasteiger partial charge in [-0.25, -0.2) is 9.97 Å². The number of benzene rings is 6. The van der Waals surface area contributed by atoms with Crippen LogP contribution in [0.15, 0.2) is 164 Å². The molecule has 8 heteroatoms. The van der Waals surface area contributed by atoms with Gasteiger partial charge in [0.05, 0.1) is 5.69 Å². The van der Waals surface area contributed by atoms with E-state index in [1.807, 2.05) is 85.2 Å². The van der Waals surface area contributed by atoms with Crippen molar-refractivity contribution in [3.63, 3.8) is 0 Å². The summed E-state index contributed by atoms with van der Waals surface area (Å²) in [6, 6.07) is 58.7. The van der Waals surface area contributed by atoms with Gasteiger partial charge in [0.15, 0.2) is 23.0 Å². The Hall–Kier alpha value is -6.69. The topological polar surface area (TPSA) is 57.3 Å². The number of fused-ring (bicyclic) bond motifs is 8. The predicted molar refractivity (Wildman–Crippen MR) is 210 cm³/mol. The fourth-order valence-electron chi connectivity index (χ4n) is 7.57. The first kappa shape index (κ1) is 32.0. The molecule has 0 unspecified atom stereocenters. The summed E-state index contributed by atoms with van der Waals surface area (Å²) in [6.07, 6.45) is 3.64. The molecule has 0 spiro atoms. The van der Waals surface area contributed by atoms with E-state index in [2.05, 4.69) is 105 Å². The summed E-state index contributed by atoms with van der Waals surface area (Å²) < 4.78 is 17.4. The maximum atomic E-state index is 6.66. The minimum absolute atomic E-state index is 0. The first-order valence-electron chi connectivity index (χ1n) is 17.4. The van der Waals surface area contributed by atoms with Crippen molar-refractivity contribution in [3.8, 4) is 34.6 Å². The Labute approximate surface area is 324 Å².